The first kappa shape index (κ1) is 12.2. The van der Waals surface area contributed by atoms with Crippen molar-refractivity contribution in [2.45, 2.75) is 0 Å². The van der Waals surface area contributed by atoms with E-state index in [0.717, 1.165) is 16.5 Å². The average molecular weight is 264 g/mol. The fourth-order valence-electron chi connectivity index (χ4n) is 2.00. The quantitative estimate of drug-likeness (QED) is 0.699. The molecule has 1 aromatic heterocycles. The van der Waals surface area contributed by atoms with Crippen molar-refractivity contribution >= 4 is 22.9 Å². The summed E-state index contributed by atoms with van der Waals surface area (Å²) in [7, 11) is 0. The van der Waals surface area contributed by atoms with E-state index in [4.69, 9.17) is 0 Å². The van der Waals surface area contributed by atoms with Crippen molar-refractivity contribution in [1.29, 1.82) is 0 Å². The zero-order chi connectivity index (χ0) is 13.9. The number of rotatable bonds is 2. The third kappa shape index (κ3) is 2.44. The number of phenols is 1. The van der Waals surface area contributed by atoms with Crippen LogP contribution in [0, 0.1) is 0 Å². The van der Waals surface area contributed by atoms with Gasteiger partial charge >= 0.3 is 0 Å². The van der Waals surface area contributed by atoms with Crippen LogP contribution in [0.1, 0.15) is 11.1 Å². The van der Waals surface area contributed by atoms with Crippen molar-refractivity contribution in [2.75, 3.05) is 0 Å². The number of aromatic amines is 1. The molecule has 0 unspecified atom stereocenters. The van der Waals surface area contributed by atoms with Gasteiger partial charge in [-0.25, -0.2) is 5.10 Å². The van der Waals surface area contributed by atoms with Crippen molar-refractivity contribution in [2.24, 2.45) is 0 Å². The van der Waals surface area contributed by atoms with E-state index in [9.17, 15) is 9.90 Å². The molecule has 0 spiro atoms. The summed E-state index contributed by atoms with van der Waals surface area (Å²) in [5.41, 5.74) is 1.79. The minimum Gasteiger partial charge on any atom is -0.508 e. The van der Waals surface area contributed by atoms with Crippen LogP contribution in [0.5, 0.6) is 5.75 Å². The topological polar surface area (TPSA) is 66.0 Å². The first-order valence-electron chi connectivity index (χ1n) is 6.17. The molecule has 2 aromatic carbocycles. The Labute approximate surface area is 115 Å². The molecule has 2 N–H and O–H groups in total. The summed E-state index contributed by atoms with van der Waals surface area (Å²) >= 11 is 0. The molecule has 0 amide bonds. The monoisotopic (exact) mass is 264 g/mol. The SMILES string of the molecule is O=c1[nH]ncc2cc(/C=C\c3ccc(O)cc3)ccc12. The van der Waals surface area contributed by atoms with Crippen molar-refractivity contribution in [3.63, 3.8) is 0 Å². The number of fused-ring (bicyclic) bond motifs is 1. The van der Waals surface area contributed by atoms with E-state index in [-0.39, 0.29) is 11.3 Å². The zero-order valence-corrected chi connectivity index (χ0v) is 10.6. The van der Waals surface area contributed by atoms with Gasteiger partial charge in [0.05, 0.1) is 11.6 Å². The lowest BCUT2D eigenvalue weighted by molar-refractivity contribution is 0.475. The summed E-state index contributed by atoms with van der Waals surface area (Å²) < 4.78 is 0. The van der Waals surface area contributed by atoms with Crippen LogP contribution in [-0.4, -0.2) is 15.3 Å². The highest BCUT2D eigenvalue weighted by Gasteiger charge is 1.98. The highest BCUT2D eigenvalue weighted by molar-refractivity contribution is 5.84. The van der Waals surface area contributed by atoms with E-state index < -0.39 is 0 Å². The van der Waals surface area contributed by atoms with Gasteiger partial charge in [-0.15, -0.1) is 0 Å². The molecule has 3 rings (SSSR count). The normalized spacial score (nSPS) is 11.2. The highest BCUT2D eigenvalue weighted by atomic mass is 16.3. The van der Waals surface area contributed by atoms with Gasteiger partial charge in [0.2, 0.25) is 0 Å². The molecule has 3 aromatic rings. The van der Waals surface area contributed by atoms with Gasteiger partial charge in [-0.3, -0.25) is 4.79 Å². The number of hydrogen-bond acceptors (Lipinski definition) is 3. The van der Waals surface area contributed by atoms with Gasteiger partial charge in [-0.1, -0.05) is 30.4 Å². The second-order valence-corrected chi connectivity index (χ2v) is 4.47. The Morgan fingerprint density at radius 2 is 1.70 bits per heavy atom. The molecule has 4 nitrogen and oxygen atoms in total. The molecule has 0 saturated carbocycles. The number of H-pyrrole nitrogens is 1. The van der Waals surface area contributed by atoms with Gasteiger partial charge in [0.25, 0.3) is 5.56 Å². The van der Waals surface area contributed by atoms with Crippen molar-refractivity contribution in [3.05, 3.63) is 70.1 Å². The fourth-order valence-corrected chi connectivity index (χ4v) is 2.00. The van der Waals surface area contributed by atoms with E-state index in [1.165, 1.54) is 0 Å². The van der Waals surface area contributed by atoms with Gasteiger partial charge in [0.15, 0.2) is 0 Å². The standard InChI is InChI=1S/C16H12N2O2/c19-14-6-3-11(4-7-14)1-2-12-5-8-15-13(9-12)10-17-18-16(15)20/h1-10,19H,(H,18,20)/b2-1-. The van der Waals surface area contributed by atoms with Crippen LogP contribution >= 0.6 is 0 Å². The van der Waals surface area contributed by atoms with Gasteiger partial charge in [-0.2, -0.15) is 5.10 Å². The third-order valence-corrected chi connectivity index (χ3v) is 3.05. The average Bonchev–Trinajstić information content (AvgIpc) is 2.47. The van der Waals surface area contributed by atoms with Gasteiger partial charge in [0, 0.05) is 5.39 Å². The smallest absolute Gasteiger partial charge is 0.272 e. The summed E-state index contributed by atoms with van der Waals surface area (Å²) in [6.45, 7) is 0. The van der Waals surface area contributed by atoms with Crippen LogP contribution in [0.3, 0.4) is 0 Å². The Morgan fingerprint density at radius 1 is 1.00 bits per heavy atom. The molecule has 1 heterocycles. The number of hydrogen-bond donors (Lipinski definition) is 2. The molecule has 0 aliphatic rings. The Kier molecular flexibility index (Phi) is 3.05. The molecule has 4 heteroatoms. The number of benzene rings is 2. The molecule has 0 bridgehead atoms. The fraction of sp³-hybridized carbons (Fsp3) is 0. The summed E-state index contributed by atoms with van der Waals surface area (Å²) in [6.07, 6.45) is 5.53. The van der Waals surface area contributed by atoms with E-state index in [2.05, 4.69) is 10.2 Å². The molecule has 0 saturated heterocycles. The predicted octanol–water partition coefficient (Wildman–Crippen LogP) is 2.80. The maximum atomic E-state index is 11.5. The summed E-state index contributed by atoms with van der Waals surface area (Å²) in [5.74, 6) is 0.248. The summed E-state index contributed by atoms with van der Waals surface area (Å²) in [4.78, 5) is 11.5. The molecule has 0 radical (unpaired) electrons. The lowest BCUT2D eigenvalue weighted by Crippen LogP contribution is -2.06. The van der Waals surface area contributed by atoms with Crippen LogP contribution in [0.15, 0.2) is 53.5 Å². The molecule has 98 valence electrons. The Hall–Kier alpha value is -2.88. The molecule has 0 aliphatic heterocycles. The van der Waals surface area contributed by atoms with Crippen LogP contribution < -0.4 is 5.56 Å². The van der Waals surface area contributed by atoms with Gasteiger partial charge < -0.3 is 5.11 Å². The van der Waals surface area contributed by atoms with E-state index in [1.54, 1.807) is 24.4 Å². The number of aromatic nitrogens is 2. The Balaban J connectivity index is 1.95. The van der Waals surface area contributed by atoms with Crippen molar-refractivity contribution < 1.29 is 5.11 Å². The molecular weight excluding hydrogens is 252 g/mol. The molecule has 0 atom stereocenters. The Bertz CT molecular complexity index is 833. The lowest BCUT2D eigenvalue weighted by atomic mass is 10.1. The first-order valence-corrected chi connectivity index (χ1v) is 6.17. The largest absolute Gasteiger partial charge is 0.508 e. The number of phenolic OH excluding ortho intramolecular Hbond substituents is 1. The minimum atomic E-state index is -0.184. The zero-order valence-electron chi connectivity index (χ0n) is 10.6. The van der Waals surface area contributed by atoms with E-state index >= 15 is 0 Å². The Morgan fingerprint density at radius 3 is 2.50 bits per heavy atom. The maximum absolute atomic E-state index is 11.5. The summed E-state index contributed by atoms with van der Waals surface area (Å²) in [5, 5.41) is 16.9. The maximum Gasteiger partial charge on any atom is 0.272 e. The van der Waals surface area contributed by atoms with Gasteiger partial charge in [-0.05, 0) is 35.4 Å². The molecule has 20 heavy (non-hydrogen) atoms. The minimum absolute atomic E-state index is 0.184. The van der Waals surface area contributed by atoms with E-state index in [0.29, 0.717) is 5.39 Å². The van der Waals surface area contributed by atoms with Crippen LogP contribution in [0.25, 0.3) is 22.9 Å². The number of aromatic hydroxyl groups is 1. The molecular formula is C16H12N2O2. The second kappa shape index (κ2) is 5.01. The van der Waals surface area contributed by atoms with Crippen molar-refractivity contribution in [3.8, 4) is 5.75 Å². The number of nitrogens with one attached hydrogen (secondary N) is 1. The highest BCUT2D eigenvalue weighted by Crippen LogP contribution is 2.15. The van der Waals surface area contributed by atoms with Crippen LogP contribution in [-0.2, 0) is 0 Å². The van der Waals surface area contributed by atoms with Crippen LogP contribution in [0.4, 0.5) is 0 Å². The van der Waals surface area contributed by atoms with Crippen LogP contribution in [0.2, 0.25) is 0 Å². The second-order valence-electron chi connectivity index (χ2n) is 4.47. The number of nitrogens with zero attached hydrogens (tertiary/aromatic N) is 1. The third-order valence-electron chi connectivity index (χ3n) is 3.05. The molecule has 0 aliphatic carbocycles. The van der Waals surface area contributed by atoms with Gasteiger partial charge in [0.1, 0.15) is 5.75 Å². The van der Waals surface area contributed by atoms with E-state index in [1.807, 2.05) is 36.4 Å². The summed E-state index contributed by atoms with van der Waals surface area (Å²) in [6, 6.07) is 12.5. The predicted molar refractivity (Wildman–Crippen MR) is 79.4 cm³/mol. The van der Waals surface area contributed by atoms with Crippen molar-refractivity contribution in [1.82, 2.24) is 10.2 Å². The first-order chi connectivity index (χ1) is 9.72. The lowest BCUT2D eigenvalue weighted by Gasteiger charge is -1.98. The molecule has 0 fully saturated rings.